The molecule has 0 spiro atoms. The molecule has 1 aromatic heterocycles. The van der Waals surface area contributed by atoms with Crippen LogP contribution in [-0.2, 0) is 0 Å². The number of nitrogens with one attached hydrogen (secondary N) is 1. The van der Waals surface area contributed by atoms with Crippen LogP contribution in [0.25, 0.3) is 0 Å². The van der Waals surface area contributed by atoms with E-state index in [0.717, 1.165) is 11.7 Å². The summed E-state index contributed by atoms with van der Waals surface area (Å²) in [5.41, 5.74) is 0. The van der Waals surface area contributed by atoms with Gasteiger partial charge in [-0.15, -0.1) is 0 Å². The smallest absolute Gasteiger partial charge is 0.126 e. The molecule has 0 radical (unpaired) electrons. The summed E-state index contributed by atoms with van der Waals surface area (Å²) in [4.78, 5) is 4.30. The van der Waals surface area contributed by atoms with Crippen LogP contribution in [-0.4, -0.2) is 11.0 Å². The van der Waals surface area contributed by atoms with Crippen molar-refractivity contribution in [1.82, 2.24) is 4.98 Å². The zero-order valence-electron chi connectivity index (χ0n) is 8.74. The van der Waals surface area contributed by atoms with Crippen molar-refractivity contribution in [3.63, 3.8) is 0 Å². The van der Waals surface area contributed by atoms with Crippen LogP contribution in [0.15, 0.2) is 24.4 Å². The number of nitrogens with zero attached hydrogens (tertiary/aromatic N) is 1. The predicted octanol–water partition coefficient (Wildman–Crippen LogP) is 3.07. The van der Waals surface area contributed by atoms with Crippen molar-refractivity contribution in [2.24, 2.45) is 5.92 Å². The Labute approximate surface area is 85.7 Å². The normalized spacial score (nSPS) is 27.2. The second kappa shape index (κ2) is 4.45. The third kappa shape index (κ3) is 2.25. The summed E-state index contributed by atoms with van der Waals surface area (Å²) >= 11 is 0. The van der Waals surface area contributed by atoms with Crippen LogP contribution in [0.2, 0.25) is 0 Å². The van der Waals surface area contributed by atoms with Crippen LogP contribution >= 0.6 is 0 Å². The second-order valence-electron chi connectivity index (χ2n) is 4.23. The van der Waals surface area contributed by atoms with Crippen LogP contribution < -0.4 is 5.32 Å². The van der Waals surface area contributed by atoms with Gasteiger partial charge in [0.15, 0.2) is 0 Å². The Morgan fingerprint density at radius 2 is 2.14 bits per heavy atom. The van der Waals surface area contributed by atoms with Crippen molar-refractivity contribution in [2.75, 3.05) is 5.32 Å². The van der Waals surface area contributed by atoms with Gasteiger partial charge in [-0.2, -0.15) is 0 Å². The lowest BCUT2D eigenvalue weighted by molar-refractivity contribution is 0.349. The minimum atomic E-state index is 0.624. The quantitative estimate of drug-likeness (QED) is 0.775. The molecule has 2 rings (SSSR count). The molecule has 2 atom stereocenters. The molecule has 14 heavy (non-hydrogen) atoms. The summed E-state index contributed by atoms with van der Waals surface area (Å²) < 4.78 is 0. The highest BCUT2D eigenvalue weighted by Crippen LogP contribution is 2.25. The van der Waals surface area contributed by atoms with Crippen molar-refractivity contribution in [2.45, 2.75) is 38.6 Å². The minimum Gasteiger partial charge on any atom is -0.367 e. The molecular weight excluding hydrogens is 172 g/mol. The monoisotopic (exact) mass is 190 g/mol. The molecule has 1 fully saturated rings. The van der Waals surface area contributed by atoms with Gasteiger partial charge in [0.2, 0.25) is 0 Å². The zero-order chi connectivity index (χ0) is 9.80. The summed E-state index contributed by atoms with van der Waals surface area (Å²) in [5.74, 6) is 1.80. The number of hydrogen-bond donors (Lipinski definition) is 1. The molecule has 2 nitrogen and oxygen atoms in total. The van der Waals surface area contributed by atoms with E-state index in [2.05, 4.69) is 17.2 Å². The highest BCUT2D eigenvalue weighted by Gasteiger charge is 2.20. The molecule has 0 aromatic carbocycles. The number of hydrogen-bond acceptors (Lipinski definition) is 2. The molecule has 1 aromatic rings. The van der Waals surface area contributed by atoms with Crippen molar-refractivity contribution >= 4 is 5.82 Å². The average Bonchev–Trinajstić information content (AvgIpc) is 2.23. The van der Waals surface area contributed by atoms with Gasteiger partial charge in [-0.1, -0.05) is 25.8 Å². The van der Waals surface area contributed by atoms with Gasteiger partial charge < -0.3 is 5.32 Å². The van der Waals surface area contributed by atoms with E-state index in [4.69, 9.17) is 0 Å². The summed E-state index contributed by atoms with van der Waals surface area (Å²) in [5, 5.41) is 3.52. The first-order valence-electron chi connectivity index (χ1n) is 5.54. The largest absolute Gasteiger partial charge is 0.367 e. The number of aromatic nitrogens is 1. The topological polar surface area (TPSA) is 24.9 Å². The molecule has 1 aliphatic carbocycles. The van der Waals surface area contributed by atoms with E-state index in [1.807, 2.05) is 24.4 Å². The van der Waals surface area contributed by atoms with Gasteiger partial charge in [0.1, 0.15) is 5.82 Å². The number of anilines is 1. The van der Waals surface area contributed by atoms with E-state index in [-0.39, 0.29) is 0 Å². The maximum atomic E-state index is 4.30. The first kappa shape index (κ1) is 9.50. The standard InChI is InChI=1S/C12H18N2/c1-10-6-2-3-7-11(10)14-12-8-4-5-9-13-12/h4-5,8-11H,2-3,6-7H2,1H3,(H,13,14)/t10-,11+/m0/s1. The molecule has 1 saturated carbocycles. The van der Waals surface area contributed by atoms with E-state index in [1.54, 1.807) is 0 Å². The first-order chi connectivity index (χ1) is 6.86. The molecule has 2 heteroatoms. The van der Waals surface area contributed by atoms with Crippen LogP contribution in [0.5, 0.6) is 0 Å². The summed E-state index contributed by atoms with van der Waals surface area (Å²) in [7, 11) is 0. The van der Waals surface area contributed by atoms with Gasteiger partial charge in [-0.05, 0) is 30.9 Å². The van der Waals surface area contributed by atoms with E-state index in [1.165, 1.54) is 25.7 Å². The van der Waals surface area contributed by atoms with Crippen molar-refractivity contribution in [3.8, 4) is 0 Å². The highest BCUT2D eigenvalue weighted by atomic mass is 15.0. The third-order valence-electron chi connectivity index (χ3n) is 3.11. The molecule has 0 saturated heterocycles. The van der Waals surface area contributed by atoms with Crippen LogP contribution in [0.1, 0.15) is 32.6 Å². The van der Waals surface area contributed by atoms with E-state index < -0.39 is 0 Å². The van der Waals surface area contributed by atoms with Crippen LogP contribution in [0, 0.1) is 5.92 Å². The molecule has 1 heterocycles. The van der Waals surface area contributed by atoms with Crippen molar-refractivity contribution in [3.05, 3.63) is 24.4 Å². The van der Waals surface area contributed by atoms with E-state index in [9.17, 15) is 0 Å². The highest BCUT2D eigenvalue weighted by molar-refractivity contribution is 5.34. The van der Waals surface area contributed by atoms with E-state index in [0.29, 0.717) is 6.04 Å². The van der Waals surface area contributed by atoms with Gasteiger partial charge in [0.25, 0.3) is 0 Å². The lowest BCUT2D eigenvalue weighted by Gasteiger charge is -2.29. The first-order valence-corrected chi connectivity index (χ1v) is 5.54. The molecule has 76 valence electrons. The summed E-state index contributed by atoms with van der Waals surface area (Å²) in [6.45, 7) is 2.33. The Hall–Kier alpha value is -1.05. The summed E-state index contributed by atoms with van der Waals surface area (Å²) in [6, 6.07) is 6.65. The third-order valence-corrected chi connectivity index (χ3v) is 3.11. The second-order valence-corrected chi connectivity index (χ2v) is 4.23. The molecule has 1 N–H and O–H groups in total. The molecular formula is C12H18N2. The van der Waals surface area contributed by atoms with Gasteiger partial charge in [-0.25, -0.2) is 4.98 Å². The Balaban J connectivity index is 1.96. The van der Waals surface area contributed by atoms with Crippen molar-refractivity contribution in [1.29, 1.82) is 0 Å². The van der Waals surface area contributed by atoms with Gasteiger partial charge in [0.05, 0.1) is 0 Å². The van der Waals surface area contributed by atoms with Crippen LogP contribution in [0.3, 0.4) is 0 Å². The molecule has 1 aliphatic rings. The maximum Gasteiger partial charge on any atom is 0.126 e. The summed E-state index contributed by atoms with van der Waals surface area (Å²) in [6.07, 6.45) is 7.23. The number of rotatable bonds is 2. The Morgan fingerprint density at radius 3 is 2.86 bits per heavy atom. The van der Waals surface area contributed by atoms with Gasteiger partial charge >= 0.3 is 0 Å². The lowest BCUT2D eigenvalue weighted by atomic mass is 9.86. The van der Waals surface area contributed by atoms with Crippen LogP contribution in [0.4, 0.5) is 5.82 Å². The fraction of sp³-hybridized carbons (Fsp3) is 0.583. The fourth-order valence-corrected chi connectivity index (χ4v) is 2.17. The van der Waals surface area contributed by atoms with Gasteiger partial charge in [0, 0.05) is 12.2 Å². The molecule has 0 bridgehead atoms. The van der Waals surface area contributed by atoms with E-state index >= 15 is 0 Å². The molecule has 0 unspecified atom stereocenters. The molecule has 0 amide bonds. The number of pyridine rings is 1. The lowest BCUT2D eigenvalue weighted by Crippen LogP contribution is -2.30. The Morgan fingerprint density at radius 1 is 1.29 bits per heavy atom. The minimum absolute atomic E-state index is 0.624. The Bertz CT molecular complexity index is 271. The molecule has 0 aliphatic heterocycles. The van der Waals surface area contributed by atoms with Crippen molar-refractivity contribution < 1.29 is 0 Å². The average molecular weight is 190 g/mol. The SMILES string of the molecule is C[C@H]1CCCC[C@H]1Nc1ccccn1. The zero-order valence-corrected chi connectivity index (χ0v) is 8.74. The predicted molar refractivity (Wildman–Crippen MR) is 59.3 cm³/mol. The van der Waals surface area contributed by atoms with Gasteiger partial charge in [-0.3, -0.25) is 0 Å². The maximum absolute atomic E-state index is 4.30. The Kier molecular flexibility index (Phi) is 3.02. The fourth-order valence-electron chi connectivity index (χ4n) is 2.17.